The number of ether oxygens (including phenoxy) is 1. The summed E-state index contributed by atoms with van der Waals surface area (Å²) in [5.74, 6) is 0.896. The number of rotatable bonds is 1. The maximum Gasteiger partial charge on any atom is 0.0685 e. The SMILES string of the molecule is C1CCNC(C2CCOC3(CCC3)C2)CC1. The topological polar surface area (TPSA) is 21.3 Å². The van der Waals surface area contributed by atoms with Crippen LogP contribution in [-0.4, -0.2) is 24.8 Å². The standard InChI is InChI=1S/C14H25NO/c1-2-5-13(15-9-3-1)12-6-10-16-14(11-12)7-4-8-14/h12-13,15H,1-11H2. The van der Waals surface area contributed by atoms with E-state index in [9.17, 15) is 0 Å². The first-order valence-corrected chi connectivity index (χ1v) is 7.25. The van der Waals surface area contributed by atoms with Crippen molar-refractivity contribution in [3.63, 3.8) is 0 Å². The summed E-state index contributed by atoms with van der Waals surface area (Å²) in [6.45, 7) is 2.26. The van der Waals surface area contributed by atoms with E-state index >= 15 is 0 Å². The first-order chi connectivity index (χ1) is 7.88. The van der Waals surface area contributed by atoms with Crippen LogP contribution < -0.4 is 5.32 Å². The molecule has 1 N–H and O–H groups in total. The summed E-state index contributed by atoms with van der Waals surface area (Å²) in [5, 5.41) is 3.78. The Kier molecular flexibility index (Phi) is 3.21. The van der Waals surface area contributed by atoms with Gasteiger partial charge >= 0.3 is 0 Å². The fraction of sp³-hybridized carbons (Fsp3) is 1.00. The van der Waals surface area contributed by atoms with E-state index < -0.39 is 0 Å². The van der Waals surface area contributed by atoms with Crippen molar-refractivity contribution in [2.75, 3.05) is 13.2 Å². The summed E-state index contributed by atoms with van der Waals surface area (Å²) in [7, 11) is 0. The fourth-order valence-electron chi connectivity index (χ4n) is 3.79. The predicted octanol–water partition coefficient (Wildman–Crippen LogP) is 2.87. The van der Waals surface area contributed by atoms with Gasteiger partial charge in [0, 0.05) is 12.6 Å². The summed E-state index contributed by atoms with van der Waals surface area (Å²) in [4.78, 5) is 0. The lowest BCUT2D eigenvalue weighted by Crippen LogP contribution is -2.50. The summed E-state index contributed by atoms with van der Waals surface area (Å²) in [6, 6.07) is 0.795. The van der Waals surface area contributed by atoms with E-state index in [0.717, 1.165) is 18.6 Å². The monoisotopic (exact) mass is 223 g/mol. The normalized spacial score (nSPS) is 39.0. The maximum atomic E-state index is 6.03. The van der Waals surface area contributed by atoms with Crippen LogP contribution in [0.3, 0.4) is 0 Å². The summed E-state index contributed by atoms with van der Waals surface area (Å²) in [5.41, 5.74) is 0.330. The second-order valence-corrected chi connectivity index (χ2v) is 6.05. The van der Waals surface area contributed by atoms with Gasteiger partial charge < -0.3 is 10.1 Å². The number of nitrogens with one attached hydrogen (secondary N) is 1. The molecule has 1 aliphatic carbocycles. The predicted molar refractivity (Wildman–Crippen MR) is 65.5 cm³/mol. The highest BCUT2D eigenvalue weighted by Crippen LogP contribution is 2.45. The highest BCUT2D eigenvalue weighted by Gasteiger charge is 2.44. The average Bonchev–Trinajstić information content (AvgIpc) is 2.56. The molecule has 3 fully saturated rings. The van der Waals surface area contributed by atoms with Gasteiger partial charge in [0.15, 0.2) is 0 Å². The number of hydrogen-bond acceptors (Lipinski definition) is 2. The minimum absolute atomic E-state index is 0.330. The quantitative estimate of drug-likeness (QED) is 0.738. The molecule has 0 radical (unpaired) electrons. The molecular formula is C14H25NO. The van der Waals surface area contributed by atoms with Gasteiger partial charge in [-0.15, -0.1) is 0 Å². The molecule has 3 aliphatic rings. The van der Waals surface area contributed by atoms with E-state index in [2.05, 4.69) is 5.32 Å². The third-order valence-electron chi connectivity index (χ3n) is 4.96. The fourth-order valence-corrected chi connectivity index (χ4v) is 3.79. The first kappa shape index (κ1) is 11.0. The van der Waals surface area contributed by atoms with Crippen molar-refractivity contribution in [2.45, 2.75) is 69.4 Å². The van der Waals surface area contributed by atoms with Crippen molar-refractivity contribution < 1.29 is 4.74 Å². The second kappa shape index (κ2) is 4.66. The van der Waals surface area contributed by atoms with E-state index in [1.165, 1.54) is 64.3 Å². The van der Waals surface area contributed by atoms with Crippen molar-refractivity contribution in [3.05, 3.63) is 0 Å². The zero-order valence-electron chi connectivity index (χ0n) is 10.3. The Bertz CT molecular complexity index is 229. The van der Waals surface area contributed by atoms with Crippen LogP contribution in [0.1, 0.15) is 57.8 Å². The van der Waals surface area contributed by atoms with Crippen LogP contribution in [0.5, 0.6) is 0 Å². The van der Waals surface area contributed by atoms with E-state index in [4.69, 9.17) is 4.74 Å². The molecule has 1 saturated carbocycles. The first-order valence-electron chi connectivity index (χ1n) is 7.25. The molecule has 2 unspecified atom stereocenters. The van der Waals surface area contributed by atoms with E-state index in [0.29, 0.717) is 5.60 Å². The van der Waals surface area contributed by atoms with Crippen molar-refractivity contribution in [2.24, 2.45) is 5.92 Å². The van der Waals surface area contributed by atoms with E-state index in [-0.39, 0.29) is 0 Å². The molecule has 0 aromatic heterocycles. The van der Waals surface area contributed by atoms with Crippen molar-refractivity contribution in [1.29, 1.82) is 0 Å². The van der Waals surface area contributed by atoms with Crippen LogP contribution in [0.25, 0.3) is 0 Å². The van der Waals surface area contributed by atoms with Crippen molar-refractivity contribution in [1.82, 2.24) is 5.32 Å². The molecule has 0 amide bonds. The molecule has 92 valence electrons. The molecule has 2 heterocycles. The van der Waals surface area contributed by atoms with Gasteiger partial charge in [-0.25, -0.2) is 0 Å². The Morgan fingerprint density at radius 1 is 1.00 bits per heavy atom. The Morgan fingerprint density at radius 2 is 1.94 bits per heavy atom. The third-order valence-corrected chi connectivity index (χ3v) is 4.96. The largest absolute Gasteiger partial charge is 0.375 e. The molecule has 0 aromatic carbocycles. The van der Waals surface area contributed by atoms with Gasteiger partial charge in [0.25, 0.3) is 0 Å². The van der Waals surface area contributed by atoms with Gasteiger partial charge in [-0.2, -0.15) is 0 Å². The minimum Gasteiger partial charge on any atom is -0.375 e. The summed E-state index contributed by atoms with van der Waals surface area (Å²) >= 11 is 0. The van der Waals surface area contributed by atoms with Crippen LogP contribution in [0.4, 0.5) is 0 Å². The molecule has 16 heavy (non-hydrogen) atoms. The Morgan fingerprint density at radius 3 is 2.75 bits per heavy atom. The van der Waals surface area contributed by atoms with E-state index in [1.807, 2.05) is 0 Å². The summed E-state index contributed by atoms with van der Waals surface area (Å²) < 4.78 is 6.03. The minimum atomic E-state index is 0.330. The lowest BCUT2D eigenvalue weighted by molar-refractivity contribution is -0.147. The Hall–Kier alpha value is -0.0800. The molecule has 2 saturated heterocycles. The molecule has 2 aliphatic heterocycles. The average molecular weight is 223 g/mol. The molecule has 3 rings (SSSR count). The van der Waals surface area contributed by atoms with Crippen molar-refractivity contribution in [3.8, 4) is 0 Å². The Balaban J connectivity index is 1.60. The van der Waals surface area contributed by atoms with Crippen LogP contribution in [0.15, 0.2) is 0 Å². The third kappa shape index (κ3) is 2.14. The zero-order valence-corrected chi connectivity index (χ0v) is 10.3. The van der Waals surface area contributed by atoms with Gasteiger partial charge in [-0.3, -0.25) is 0 Å². The zero-order chi connectivity index (χ0) is 10.8. The van der Waals surface area contributed by atoms with Gasteiger partial charge in [0.1, 0.15) is 0 Å². The van der Waals surface area contributed by atoms with Crippen LogP contribution in [0, 0.1) is 5.92 Å². The molecule has 0 aromatic rings. The summed E-state index contributed by atoms with van der Waals surface area (Å²) in [6.07, 6.45) is 12.3. The van der Waals surface area contributed by atoms with Crippen LogP contribution >= 0.6 is 0 Å². The number of hydrogen-bond donors (Lipinski definition) is 1. The van der Waals surface area contributed by atoms with Gasteiger partial charge in [-0.05, 0) is 57.4 Å². The smallest absolute Gasteiger partial charge is 0.0685 e. The molecule has 2 heteroatoms. The molecule has 0 bridgehead atoms. The Labute approximate surface area is 99.1 Å². The molecule has 2 atom stereocenters. The van der Waals surface area contributed by atoms with E-state index in [1.54, 1.807) is 0 Å². The molecule has 2 nitrogen and oxygen atoms in total. The maximum absolute atomic E-state index is 6.03. The van der Waals surface area contributed by atoms with Gasteiger partial charge in [0.2, 0.25) is 0 Å². The highest BCUT2D eigenvalue weighted by atomic mass is 16.5. The van der Waals surface area contributed by atoms with Crippen LogP contribution in [-0.2, 0) is 4.74 Å². The molecule has 1 spiro atoms. The lowest BCUT2D eigenvalue weighted by Gasteiger charge is -2.48. The second-order valence-electron chi connectivity index (χ2n) is 6.05. The van der Waals surface area contributed by atoms with Crippen LogP contribution in [0.2, 0.25) is 0 Å². The van der Waals surface area contributed by atoms with Gasteiger partial charge in [0.05, 0.1) is 5.60 Å². The highest BCUT2D eigenvalue weighted by molar-refractivity contribution is 4.96. The van der Waals surface area contributed by atoms with Crippen molar-refractivity contribution >= 4 is 0 Å². The van der Waals surface area contributed by atoms with Gasteiger partial charge in [-0.1, -0.05) is 12.8 Å². The lowest BCUT2D eigenvalue weighted by atomic mass is 9.70. The molecular weight excluding hydrogens is 198 g/mol.